The molecule has 130 valence electrons. The van der Waals surface area contributed by atoms with Crippen LogP contribution in [-0.4, -0.2) is 37.3 Å². The maximum atomic E-state index is 14.5. The molecular weight excluding hydrogens is 298 g/mol. The van der Waals surface area contributed by atoms with Crippen molar-refractivity contribution >= 4 is 7.12 Å². The van der Waals surface area contributed by atoms with Crippen LogP contribution in [0, 0.1) is 5.92 Å². The van der Waals surface area contributed by atoms with Crippen LogP contribution in [0.1, 0.15) is 59.8 Å². The molecular formula is C17H28BFO4. The van der Waals surface area contributed by atoms with Gasteiger partial charge in [-0.2, -0.15) is 0 Å². The molecule has 4 nitrogen and oxygen atoms in total. The van der Waals surface area contributed by atoms with Gasteiger partial charge in [0.2, 0.25) is 0 Å². The molecule has 3 fully saturated rings. The lowest BCUT2D eigenvalue weighted by Gasteiger charge is -2.35. The van der Waals surface area contributed by atoms with Crippen molar-refractivity contribution in [3.8, 4) is 0 Å². The lowest BCUT2D eigenvalue weighted by atomic mass is 9.80. The highest BCUT2D eigenvalue weighted by atomic mass is 19.1. The molecule has 1 unspecified atom stereocenters. The molecule has 6 heteroatoms. The van der Waals surface area contributed by atoms with Crippen molar-refractivity contribution in [2.45, 2.75) is 76.8 Å². The van der Waals surface area contributed by atoms with E-state index < -0.39 is 24.1 Å². The van der Waals surface area contributed by atoms with Crippen LogP contribution in [0.5, 0.6) is 0 Å². The van der Waals surface area contributed by atoms with Crippen LogP contribution in [-0.2, 0) is 18.8 Å². The molecule has 0 aromatic rings. The van der Waals surface area contributed by atoms with E-state index in [1.54, 1.807) is 6.08 Å². The zero-order valence-corrected chi connectivity index (χ0v) is 14.7. The van der Waals surface area contributed by atoms with E-state index in [0.29, 0.717) is 25.6 Å². The molecule has 1 aliphatic carbocycles. The van der Waals surface area contributed by atoms with E-state index in [9.17, 15) is 4.39 Å². The normalized spacial score (nSPS) is 32.7. The zero-order valence-electron chi connectivity index (χ0n) is 14.7. The Labute approximate surface area is 138 Å². The fraction of sp³-hybridized carbons (Fsp3) is 0.882. The SMILES string of the molecule is CC1(C)OB(C(F)=CCC2CCCC3(C2)OCCO3)OC1(C)C. The average molecular weight is 326 g/mol. The van der Waals surface area contributed by atoms with Crippen molar-refractivity contribution in [1.82, 2.24) is 0 Å². The predicted molar refractivity (Wildman–Crippen MR) is 86.5 cm³/mol. The number of rotatable bonds is 3. The van der Waals surface area contributed by atoms with Crippen LogP contribution in [0.15, 0.2) is 11.8 Å². The highest BCUT2D eigenvalue weighted by Crippen LogP contribution is 2.41. The second-order valence-electron chi connectivity index (χ2n) is 7.98. The summed E-state index contributed by atoms with van der Waals surface area (Å²) >= 11 is 0. The van der Waals surface area contributed by atoms with Crippen molar-refractivity contribution in [3.05, 3.63) is 11.8 Å². The Bertz CT molecular complexity index is 455. The maximum absolute atomic E-state index is 14.5. The Hall–Kier alpha value is -0.425. The van der Waals surface area contributed by atoms with E-state index in [1.807, 2.05) is 27.7 Å². The first kappa shape index (κ1) is 17.4. The van der Waals surface area contributed by atoms with Crippen molar-refractivity contribution in [2.75, 3.05) is 13.2 Å². The minimum Gasteiger partial charge on any atom is -0.398 e. The standard InChI is InChI=1S/C17H28BFO4/c1-15(2)16(3,4)23-18(22-15)14(19)8-7-13-6-5-9-17(12-13)20-10-11-21-17/h8,13H,5-7,9-12H2,1-4H3. The van der Waals surface area contributed by atoms with Crippen LogP contribution >= 0.6 is 0 Å². The van der Waals surface area contributed by atoms with Crippen molar-refractivity contribution in [3.63, 3.8) is 0 Å². The van der Waals surface area contributed by atoms with E-state index in [1.165, 1.54) is 0 Å². The fourth-order valence-electron chi connectivity index (χ4n) is 3.60. The van der Waals surface area contributed by atoms with Gasteiger partial charge < -0.3 is 18.8 Å². The van der Waals surface area contributed by atoms with E-state index in [4.69, 9.17) is 18.8 Å². The summed E-state index contributed by atoms with van der Waals surface area (Å²) in [6, 6.07) is 0. The first-order valence-electron chi connectivity index (χ1n) is 8.72. The average Bonchev–Trinajstić information content (AvgIpc) is 2.99. The molecule has 2 heterocycles. The van der Waals surface area contributed by atoms with E-state index in [-0.39, 0.29) is 5.73 Å². The largest absolute Gasteiger partial charge is 0.524 e. The van der Waals surface area contributed by atoms with Gasteiger partial charge in [0.25, 0.3) is 0 Å². The molecule has 1 saturated carbocycles. The quantitative estimate of drug-likeness (QED) is 0.740. The summed E-state index contributed by atoms with van der Waals surface area (Å²) in [4.78, 5) is 0. The zero-order chi connectivity index (χ0) is 16.7. The summed E-state index contributed by atoms with van der Waals surface area (Å²) in [6.45, 7) is 9.06. The highest BCUT2D eigenvalue weighted by Gasteiger charge is 2.53. The topological polar surface area (TPSA) is 36.9 Å². The van der Waals surface area contributed by atoms with Crippen LogP contribution in [0.25, 0.3) is 0 Å². The third kappa shape index (κ3) is 3.50. The molecule has 2 aliphatic heterocycles. The molecule has 3 aliphatic rings. The molecule has 0 radical (unpaired) electrons. The Balaban J connectivity index is 1.57. The van der Waals surface area contributed by atoms with Crippen molar-refractivity contribution in [2.24, 2.45) is 5.92 Å². The summed E-state index contributed by atoms with van der Waals surface area (Å²) in [6.07, 6.45) is 6.25. The monoisotopic (exact) mass is 326 g/mol. The minimum atomic E-state index is -0.892. The summed E-state index contributed by atoms with van der Waals surface area (Å²) in [7, 11) is -0.892. The summed E-state index contributed by atoms with van der Waals surface area (Å²) in [5.41, 5.74) is -1.34. The molecule has 0 bridgehead atoms. The molecule has 1 atom stereocenters. The number of halogens is 1. The third-order valence-corrected chi connectivity index (χ3v) is 5.71. The van der Waals surface area contributed by atoms with Crippen LogP contribution in [0.2, 0.25) is 0 Å². The number of hydrogen-bond acceptors (Lipinski definition) is 4. The fourth-order valence-corrected chi connectivity index (χ4v) is 3.60. The van der Waals surface area contributed by atoms with Gasteiger partial charge in [-0.15, -0.1) is 0 Å². The number of ether oxygens (including phenoxy) is 2. The van der Waals surface area contributed by atoms with E-state index in [2.05, 4.69) is 0 Å². The Morgan fingerprint density at radius 1 is 1.13 bits per heavy atom. The van der Waals surface area contributed by atoms with Crippen LogP contribution < -0.4 is 0 Å². The number of hydrogen-bond donors (Lipinski definition) is 0. The van der Waals surface area contributed by atoms with Crippen LogP contribution in [0.4, 0.5) is 4.39 Å². The third-order valence-electron chi connectivity index (χ3n) is 5.71. The Kier molecular flexibility index (Phi) is 4.64. The molecule has 23 heavy (non-hydrogen) atoms. The summed E-state index contributed by atoms with van der Waals surface area (Å²) in [5, 5.41) is 0. The van der Waals surface area contributed by atoms with Crippen molar-refractivity contribution < 1.29 is 23.2 Å². The summed E-state index contributed by atoms with van der Waals surface area (Å²) in [5.74, 6) is -0.0209. The first-order chi connectivity index (χ1) is 10.7. The molecule has 3 rings (SSSR count). The lowest BCUT2D eigenvalue weighted by Crippen LogP contribution is -2.41. The van der Waals surface area contributed by atoms with Gasteiger partial charge in [-0.3, -0.25) is 0 Å². The highest BCUT2D eigenvalue weighted by molar-refractivity contribution is 6.53. The van der Waals surface area contributed by atoms with Gasteiger partial charge in [0, 0.05) is 12.8 Å². The lowest BCUT2D eigenvalue weighted by molar-refractivity contribution is -0.186. The molecule has 1 spiro atoms. The maximum Gasteiger partial charge on any atom is 0.524 e. The Morgan fingerprint density at radius 3 is 2.35 bits per heavy atom. The molecule has 0 amide bonds. The van der Waals surface area contributed by atoms with Gasteiger partial charge in [-0.1, -0.05) is 6.08 Å². The van der Waals surface area contributed by atoms with E-state index >= 15 is 0 Å². The van der Waals surface area contributed by atoms with Gasteiger partial charge in [0.15, 0.2) is 5.79 Å². The van der Waals surface area contributed by atoms with Gasteiger partial charge in [0.1, 0.15) is 5.73 Å². The van der Waals surface area contributed by atoms with Gasteiger partial charge >= 0.3 is 7.12 Å². The van der Waals surface area contributed by atoms with E-state index in [0.717, 1.165) is 25.7 Å². The summed E-state index contributed by atoms with van der Waals surface area (Å²) < 4.78 is 37.5. The molecule has 0 aromatic carbocycles. The molecule has 0 N–H and O–H groups in total. The molecule has 2 saturated heterocycles. The Morgan fingerprint density at radius 2 is 1.74 bits per heavy atom. The minimum absolute atomic E-state index is 0.323. The molecule has 0 aromatic heterocycles. The van der Waals surface area contributed by atoms with Gasteiger partial charge in [-0.25, -0.2) is 4.39 Å². The second-order valence-corrected chi connectivity index (χ2v) is 7.98. The predicted octanol–water partition coefficient (Wildman–Crippen LogP) is 3.79. The smallest absolute Gasteiger partial charge is 0.398 e. The second kappa shape index (κ2) is 6.14. The number of allylic oxidation sites excluding steroid dienone is 1. The van der Waals surface area contributed by atoms with Gasteiger partial charge in [-0.05, 0) is 52.9 Å². The van der Waals surface area contributed by atoms with Crippen LogP contribution in [0.3, 0.4) is 0 Å². The van der Waals surface area contributed by atoms with Gasteiger partial charge in [0.05, 0.1) is 24.4 Å². The van der Waals surface area contributed by atoms with Crippen molar-refractivity contribution in [1.29, 1.82) is 0 Å². The first-order valence-corrected chi connectivity index (χ1v) is 8.72.